The summed E-state index contributed by atoms with van der Waals surface area (Å²) in [6, 6.07) is 6.62. The van der Waals surface area contributed by atoms with Crippen molar-refractivity contribution in [3.63, 3.8) is 0 Å². The van der Waals surface area contributed by atoms with Crippen molar-refractivity contribution >= 4 is 28.2 Å². The summed E-state index contributed by atoms with van der Waals surface area (Å²) in [5.41, 5.74) is 5.07. The van der Waals surface area contributed by atoms with Crippen molar-refractivity contribution in [1.29, 1.82) is 0 Å². The minimum atomic E-state index is 1.13. The molecule has 0 aliphatic carbocycles. The van der Waals surface area contributed by atoms with Gasteiger partial charge in [-0.3, -0.25) is 0 Å². The van der Waals surface area contributed by atoms with Gasteiger partial charge in [0.25, 0.3) is 0 Å². The normalized spacial score (nSPS) is 15.7. The highest BCUT2D eigenvalue weighted by molar-refractivity contribution is 7.99. The van der Waals surface area contributed by atoms with Crippen molar-refractivity contribution in [1.82, 2.24) is 4.98 Å². The monoisotopic (exact) mass is 304 g/mol. The molecular weight excluding hydrogens is 284 g/mol. The zero-order valence-corrected chi connectivity index (χ0v) is 13.9. The molecule has 0 bridgehead atoms. The molecule has 1 aromatic heterocycles. The van der Waals surface area contributed by atoms with E-state index in [1.165, 1.54) is 43.9 Å². The molecule has 106 valence electrons. The van der Waals surface area contributed by atoms with Crippen LogP contribution in [0.25, 0.3) is 11.3 Å². The Hall–Kier alpha value is -1.000. The lowest BCUT2D eigenvalue weighted by atomic mass is 10.0. The van der Waals surface area contributed by atoms with Crippen LogP contribution in [-0.2, 0) is 0 Å². The average Bonchev–Trinajstić information content (AvgIpc) is 2.84. The number of thioether (sulfide) groups is 1. The second-order valence-corrected chi connectivity index (χ2v) is 7.73. The Bertz CT molecular complexity index is 613. The smallest absolute Gasteiger partial charge is 0.186 e. The van der Waals surface area contributed by atoms with Crippen LogP contribution in [0.4, 0.5) is 5.13 Å². The first-order valence-electron chi connectivity index (χ1n) is 7.03. The van der Waals surface area contributed by atoms with Crippen LogP contribution in [0.3, 0.4) is 0 Å². The third kappa shape index (κ3) is 2.72. The fraction of sp³-hybridized carbons (Fsp3) is 0.438. The Morgan fingerprint density at radius 1 is 1.10 bits per heavy atom. The molecule has 0 saturated carbocycles. The first-order chi connectivity index (χ1) is 9.65. The zero-order valence-electron chi connectivity index (χ0n) is 12.3. The highest BCUT2D eigenvalue weighted by Crippen LogP contribution is 2.35. The summed E-state index contributed by atoms with van der Waals surface area (Å²) < 4.78 is 0. The summed E-state index contributed by atoms with van der Waals surface area (Å²) in [5.74, 6) is 2.44. The number of hydrogen-bond acceptors (Lipinski definition) is 4. The number of hydrogen-bond donors (Lipinski definition) is 0. The van der Waals surface area contributed by atoms with E-state index in [9.17, 15) is 0 Å². The summed E-state index contributed by atoms with van der Waals surface area (Å²) in [6.45, 7) is 8.77. The fourth-order valence-electron chi connectivity index (χ4n) is 2.51. The second kappa shape index (κ2) is 5.78. The number of thiazole rings is 1. The van der Waals surface area contributed by atoms with Gasteiger partial charge in [0.05, 0.1) is 5.69 Å². The Morgan fingerprint density at radius 3 is 2.60 bits per heavy atom. The topological polar surface area (TPSA) is 16.1 Å². The van der Waals surface area contributed by atoms with Gasteiger partial charge in [-0.15, -0.1) is 11.3 Å². The first kappa shape index (κ1) is 14.0. The minimum absolute atomic E-state index is 1.13. The number of rotatable bonds is 2. The molecule has 4 heteroatoms. The highest BCUT2D eigenvalue weighted by Gasteiger charge is 2.18. The number of benzene rings is 1. The molecule has 0 amide bonds. The Morgan fingerprint density at radius 2 is 1.85 bits per heavy atom. The Balaban J connectivity index is 1.98. The van der Waals surface area contributed by atoms with E-state index < -0.39 is 0 Å². The van der Waals surface area contributed by atoms with Gasteiger partial charge in [-0.2, -0.15) is 11.8 Å². The lowest BCUT2D eigenvalue weighted by Gasteiger charge is -2.25. The quantitative estimate of drug-likeness (QED) is 0.823. The molecule has 1 aliphatic heterocycles. The molecule has 1 saturated heterocycles. The van der Waals surface area contributed by atoms with Gasteiger partial charge < -0.3 is 4.90 Å². The van der Waals surface area contributed by atoms with E-state index in [-0.39, 0.29) is 0 Å². The summed E-state index contributed by atoms with van der Waals surface area (Å²) in [6.07, 6.45) is 0. The van der Waals surface area contributed by atoms with E-state index in [2.05, 4.69) is 43.9 Å². The maximum absolute atomic E-state index is 4.94. The molecule has 1 aliphatic rings. The van der Waals surface area contributed by atoms with Gasteiger partial charge in [0, 0.05) is 35.0 Å². The molecule has 0 spiro atoms. The number of aromatic nitrogens is 1. The van der Waals surface area contributed by atoms with Gasteiger partial charge in [0.2, 0.25) is 0 Å². The lowest BCUT2D eigenvalue weighted by molar-refractivity contribution is 0.853. The Kier molecular flexibility index (Phi) is 4.03. The second-order valence-electron chi connectivity index (χ2n) is 5.32. The largest absolute Gasteiger partial charge is 0.346 e. The van der Waals surface area contributed by atoms with Crippen molar-refractivity contribution in [2.45, 2.75) is 20.8 Å². The van der Waals surface area contributed by atoms with Crippen LogP contribution in [0.1, 0.15) is 16.0 Å². The maximum Gasteiger partial charge on any atom is 0.186 e. The zero-order chi connectivity index (χ0) is 14.1. The van der Waals surface area contributed by atoms with Crippen molar-refractivity contribution in [3.8, 4) is 11.3 Å². The van der Waals surface area contributed by atoms with E-state index >= 15 is 0 Å². The summed E-state index contributed by atoms with van der Waals surface area (Å²) in [7, 11) is 0. The van der Waals surface area contributed by atoms with Crippen LogP contribution >= 0.6 is 23.1 Å². The molecular formula is C16H20N2S2. The van der Waals surface area contributed by atoms with E-state index in [0.717, 1.165) is 13.1 Å². The van der Waals surface area contributed by atoms with Crippen LogP contribution in [0, 0.1) is 20.8 Å². The van der Waals surface area contributed by atoms with Crippen LogP contribution in [0.5, 0.6) is 0 Å². The number of anilines is 1. The predicted octanol–water partition coefficient (Wildman–Crippen LogP) is 4.29. The van der Waals surface area contributed by atoms with E-state index in [1.807, 2.05) is 23.1 Å². The number of nitrogens with zero attached hydrogens (tertiary/aromatic N) is 2. The molecule has 0 N–H and O–H groups in total. The van der Waals surface area contributed by atoms with Crippen molar-refractivity contribution in [2.75, 3.05) is 29.5 Å². The molecule has 2 aromatic rings. The van der Waals surface area contributed by atoms with Gasteiger partial charge >= 0.3 is 0 Å². The Labute approximate surface area is 129 Å². The molecule has 1 fully saturated rings. The minimum Gasteiger partial charge on any atom is -0.346 e. The first-order valence-corrected chi connectivity index (χ1v) is 9.00. The average molecular weight is 304 g/mol. The maximum atomic E-state index is 4.94. The van der Waals surface area contributed by atoms with Gasteiger partial charge in [0.1, 0.15) is 0 Å². The molecule has 0 atom stereocenters. The van der Waals surface area contributed by atoms with Crippen LogP contribution in [-0.4, -0.2) is 29.6 Å². The molecule has 3 rings (SSSR count). The molecule has 1 aromatic carbocycles. The standard InChI is InChI=1S/C16H20N2S2/c1-11-4-5-12(2)14(10-11)15-13(3)20-16(17-15)18-6-8-19-9-7-18/h4-5,10H,6-9H2,1-3H3. The SMILES string of the molecule is Cc1ccc(C)c(-c2nc(N3CCSCC3)sc2C)c1. The van der Waals surface area contributed by atoms with Gasteiger partial charge in [0.15, 0.2) is 5.13 Å². The van der Waals surface area contributed by atoms with Crippen LogP contribution in [0.15, 0.2) is 18.2 Å². The van der Waals surface area contributed by atoms with Crippen LogP contribution in [0.2, 0.25) is 0 Å². The molecule has 20 heavy (non-hydrogen) atoms. The van der Waals surface area contributed by atoms with Gasteiger partial charge in [-0.1, -0.05) is 17.7 Å². The van der Waals surface area contributed by atoms with E-state index in [0.29, 0.717) is 0 Å². The number of aryl methyl sites for hydroxylation is 3. The summed E-state index contributed by atoms with van der Waals surface area (Å²) in [4.78, 5) is 8.70. The lowest BCUT2D eigenvalue weighted by Crippen LogP contribution is -2.32. The molecule has 2 heterocycles. The molecule has 0 radical (unpaired) electrons. The summed E-state index contributed by atoms with van der Waals surface area (Å²) >= 11 is 3.88. The van der Waals surface area contributed by atoms with Gasteiger partial charge in [-0.05, 0) is 32.4 Å². The predicted molar refractivity (Wildman–Crippen MR) is 91.3 cm³/mol. The third-order valence-electron chi connectivity index (χ3n) is 3.72. The van der Waals surface area contributed by atoms with Crippen molar-refractivity contribution in [3.05, 3.63) is 34.2 Å². The fourth-order valence-corrected chi connectivity index (χ4v) is 4.39. The van der Waals surface area contributed by atoms with Gasteiger partial charge in [-0.25, -0.2) is 4.98 Å². The van der Waals surface area contributed by atoms with Crippen molar-refractivity contribution in [2.24, 2.45) is 0 Å². The molecule has 0 unspecified atom stereocenters. The molecule has 2 nitrogen and oxygen atoms in total. The third-order valence-corrected chi connectivity index (χ3v) is 5.69. The van der Waals surface area contributed by atoms with Crippen LogP contribution < -0.4 is 4.90 Å². The van der Waals surface area contributed by atoms with Crippen molar-refractivity contribution < 1.29 is 0 Å². The highest BCUT2D eigenvalue weighted by atomic mass is 32.2. The summed E-state index contributed by atoms with van der Waals surface area (Å²) in [5, 5.41) is 1.19. The van der Waals surface area contributed by atoms with E-state index in [1.54, 1.807) is 0 Å². The van der Waals surface area contributed by atoms with E-state index in [4.69, 9.17) is 4.98 Å².